The molecule has 1 saturated heterocycles. The summed E-state index contributed by atoms with van der Waals surface area (Å²) < 4.78 is 0. The molecule has 0 aliphatic carbocycles. The molecule has 0 spiro atoms. The maximum absolute atomic E-state index is 13.1. The number of amides is 1. The minimum atomic E-state index is -0.0443. The van der Waals surface area contributed by atoms with Crippen LogP contribution in [0.15, 0.2) is 48.7 Å². The largest absolute Gasteiger partial charge is 0.352 e. The van der Waals surface area contributed by atoms with E-state index >= 15 is 0 Å². The van der Waals surface area contributed by atoms with Crippen molar-refractivity contribution in [2.45, 2.75) is 33.1 Å². The number of piperidine rings is 1. The summed E-state index contributed by atoms with van der Waals surface area (Å²) in [5.41, 5.74) is 4.09. The van der Waals surface area contributed by atoms with Crippen LogP contribution in [0.1, 0.15) is 42.1 Å². The molecule has 30 heavy (non-hydrogen) atoms. The fraction of sp³-hybridized carbons (Fsp3) is 0.400. The van der Waals surface area contributed by atoms with Crippen LogP contribution in [0.2, 0.25) is 0 Å². The highest BCUT2D eigenvalue weighted by Crippen LogP contribution is 2.24. The van der Waals surface area contributed by atoms with Crippen LogP contribution in [0.4, 0.5) is 0 Å². The van der Waals surface area contributed by atoms with Gasteiger partial charge in [-0.1, -0.05) is 24.6 Å². The van der Waals surface area contributed by atoms with Gasteiger partial charge in [-0.2, -0.15) is 0 Å². The molecule has 2 aromatic heterocycles. The van der Waals surface area contributed by atoms with Crippen LogP contribution in [0, 0.1) is 12.8 Å². The van der Waals surface area contributed by atoms with Gasteiger partial charge in [0.2, 0.25) is 0 Å². The zero-order chi connectivity index (χ0) is 20.9. The monoisotopic (exact) mass is 402 g/mol. The zero-order valence-electron chi connectivity index (χ0n) is 17.9. The van der Waals surface area contributed by atoms with Crippen LogP contribution in [0.5, 0.6) is 0 Å². The summed E-state index contributed by atoms with van der Waals surface area (Å²) in [7, 11) is 0. The van der Waals surface area contributed by atoms with E-state index in [1.54, 1.807) is 6.20 Å². The molecule has 1 atom stereocenters. The minimum Gasteiger partial charge on any atom is -0.352 e. The van der Waals surface area contributed by atoms with Crippen molar-refractivity contribution < 1.29 is 4.79 Å². The molecule has 3 aromatic rings. The third kappa shape index (κ3) is 4.85. The highest BCUT2D eigenvalue weighted by Gasteiger charge is 2.17. The molecule has 5 nitrogen and oxygen atoms in total. The van der Waals surface area contributed by atoms with Gasteiger partial charge in [0.25, 0.3) is 5.91 Å². The number of nitrogens with one attached hydrogen (secondary N) is 1. The van der Waals surface area contributed by atoms with Gasteiger partial charge in [-0.25, -0.2) is 4.98 Å². The van der Waals surface area contributed by atoms with Crippen LogP contribution in [0.3, 0.4) is 0 Å². The Balaban J connectivity index is 1.50. The summed E-state index contributed by atoms with van der Waals surface area (Å²) in [4.78, 5) is 24.8. The number of likely N-dealkylation sites (tertiary alicyclic amines) is 1. The molecule has 1 N–H and O–H groups in total. The number of pyridine rings is 2. The van der Waals surface area contributed by atoms with Crippen molar-refractivity contribution in [3.8, 4) is 11.4 Å². The molecular weight excluding hydrogens is 372 g/mol. The molecule has 1 fully saturated rings. The summed E-state index contributed by atoms with van der Waals surface area (Å²) in [5, 5.41) is 4.01. The molecule has 1 aliphatic heterocycles. The molecule has 0 bridgehead atoms. The van der Waals surface area contributed by atoms with E-state index in [2.05, 4.69) is 22.1 Å². The van der Waals surface area contributed by atoms with E-state index in [4.69, 9.17) is 4.98 Å². The molecule has 0 saturated carbocycles. The van der Waals surface area contributed by atoms with Gasteiger partial charge >= 0.3 is 0 Å². The lowest BCUT2D eigenvalue weighted by atomic mass is 10.0. The average molecular weight is 403 g/mol. The van der Waals surface area contributed by atoms with Crippen molar-refractivity contribution in [3.63, 3.8) is 0 Å². The fourth-order valence-corrected chi connectivity index (χ4v) is 4.26. The van der Waals surface area contributed by atoms with Gasteiger partial charge in [-0.15, -0.1) is 0 Å². The predicted molar refractivity (Wildman–Crippen MR) is 121 cm³/mol. The molecule has 3 heterocycles. The Morgan fingerprint density at radius 1 is 1.20 bits per heavy atom. The zero-order valence-corrected chi connectivity index (χ0v) is 17.9. The maximum Gasteiger partial charge on any atom is 0.252 e. The summed E-state index contributed by atoms with van der Waals surface area (Å²) in [5.74, 6) is 0.738. The van der Waals surface area contributed by atoms with Crippen LogP contribution in [-0.4, -0.2) is 47.0 Å². The molecule has 1 amide bonds. The SMILES string of the molecule is Cc1ccc2nc(-c3ccccn3)cc(C(=O)NCCCN3CCC[C@@H](C)C3)c2c1. The van der Waals surface area contributed by atoms with Crippen LogP contribution >= 0.6 is 0 Å². The van der Waals surface area contributed by atoms with Gasteiger partial charge in [-0.3, -0.25) is 9.78 Å². The number of aromatic nitrogens is 2. The second kappa shape index (κ2) is 9.35. The Bertz CT molecular complexity index is 1020. The third-order valence-corrected chi connectivity index (χ3v) is 5.81. The van der Waals surface area contributed by atoms with E-state index in [9.17, 15) is 4.79 Å². The second-order valence-electron chi connectivity index (χ2n) is 8.45. The van der Waals surface area contributed by atoms with Gasteiger partial charge in [0.15, 0.2) is 0 Å². The number of carbonyl (C=O) groups excluding carboxylic acids is 1. The van der Waals surface area contributed by atoms with Crippen molar-refractivity contribution in [2.75, 3.05) is 26.2 Å². The van der Waals surface area contributed by atoms with Crippen LogP contribution < -0.4 is 5.32 Å². The molecule has 0 radical (unpaired) electrons. The first-order chi connectivity index (χ1) is 14.6. The molecule has 0 unspecified atom stereocenters. The number of carbonyl (C=O) groups is 1. The van der Waals surface area contributed by atoms with E-state index in [-0.39, 0.29) is 5.91 Å². The Morgan fingerprint density at radius 2 is 2.10 bits per heavy atom. The van der Waals surface area contributed by atoms with Crippen molar-refractivity contribution in [3.05, 3.63) is 59.8 Å². The van der Waals surface area contributed by atoms with E-state index < -0.39 is 0 Å². The first kappa shape index (κ1) is 20.5. The molecule has 5 heteroatoms. The summed E-state index contributed by atoms with van der Waals surface area (Å²) in [6.45, 7) is 8.44. The average Bonchev–Trinajstić information content (AvgIpc) is 2.76. The Morgan fingerprint density at radius 3 is 2.90 bits per heavy atom. The number of rotatable bonds is 6. The van der Waals surface area contributed by atoms with Crippen LogP contribution in [-0.2, 0) is 0 Å². The number of benzene rings is 1. The van der Waals surface area contributed by atoms with E-state index in [0.717, 1.165) is 46.7 Å². The summed E-state index contributed by atoms with van der Waals surface area (Å²) in [6, 6.07) is 13.6. The fourth-order valence-electron chi connectivity index (χ4n) is 4.26. The number of hydrogen-bond acceptors (Lipinski definition) is 4. The van der Waals surface area contributed by atoms with Gasteiger partial charge in [-0.05, 0) is 75.5 Å². The lowest BCUT2D eigenvalue weighted by Crippen LogP contribution is -2.36. The molecule has 156 valence electrons. The van der Waals surface area contributed by atoms with Crippen molar-refractivity contribution in [2.24, 2.45) is 5.92 Å². The van der Waals surface area contributed by atoms with Crippen molar-refractivity contribution in [1.29, 1.82) is 0 Å². The maximum atomic E-state index is 13.1. The number of aryl methyl sites for hydroxylation is 1. The standard InChI is InChI=1S/C25H30N4O/c1-18-9-10-22-20(15-18)21(16-24(28-22)23-8-3-4-11-26-23)25(30)27-12-6-14-29-13-5-7-19(2)17-29/h3-4,8-11,15-16,19H,5-7,12-14,17H2,1-2H3,(H,27,30)/t19-/m1/s1. The number of nitrogens with zero attached hydrogens (tertiary/aromatic N) is 3. The lowest BCUT2D eigenvalue weighted by molar-refractivity contribution is 0.0951. The smallest absolute Gasteiger partial charge is 0.252 e. The van der Waals surface area contributed by atoms with Crippen LogP contribution in [0.25, 0.3) is 22.3 Å². The molecule has 4 rings (SSSR count). The van der Waals surface area contributed by atoms with Crippen molar-refractivity contribution >= 4 is 16.8 Å². The van der Waals surface area contributed by atoms with E-state index in [1.807, 2.05) is 49.4 Å². The normalized spacial score (nSPS) is 17.2. The highest BCUT2D eigenvalue weighted by atomic mass is 16.1. The first-order valence-electron chi connectivity index (χ1n) is 10.9. The predicted octanol–water partition coefficient (Wildman–Crippen LogP) is 4.46. The minimum absolute atomic E-state index is 0.0443. The topological polar surface area (TPSA) is 58.1 Å². The van der Waals surface area contributed by atoms with Gasteiger partial charge in [0.05, 0.1) is 22.5 Å². The number of hydrogen-bond donors (Lipinski definition) is 1. The Kier molecular flexibility index (Phi) is 6.38. The quantitative estimate of drug-likeness (QED) is 0.619. The Labute approximate surface area is 178 Å². The van der Waals surface area contributed by atoms with Crippen molar-refractivity contribution in [1.82, 2.24) is 20.2 Å². The molecule has 1 aliphatic rings. The molecular formula is C25H30N4O. The third-order valence-electron chi connectivity index (χ3n) is 5.81. The Hall–Kier alpha value is -2.79. The van der Waals surface area contributed by atoms with E-state index in [0.29, 0.717) is 12.1 Å². The summed E-state index contributed by atoms with van der Waals surface area (Å²) >= 11 is 0. The van der Waals surface area contributed by atoms with Gasteiger partial charge < -0.3 is 10.2 Å². The second-order valence-corrected chi connectivity index (χ2v) is 8.45. The number of fused-ring (bicyclic) bond motifs is 1. The van der Waals surface area contributed by atoms with E-state index in [1.165, 1.54) is 25.9 Å². The molecule has 1 aromatic carbocycles. The van der Waals surface area contributed by atoms with Gasteiger partial charge in [0.1, 0.15) is 0 Å². The first-order valence-corrected chi connectivity index (χ1v) is 10.9. The van der Waals surface area contributed by atoms with Gasteiger partial charge in [0, 0.05) is 24.7 Å². The lowest BCUT2D eigenvalue weighted by Gasteiger charge is -2.30. The summed E-state index contributed by atoms with van der Waals surface area (Å²) in [6.07, 6.45) is 5.33. The highest BCUT2D eigenvalue weighted by molar-refractivity contribution is 6.07.